The third-order valence-corrected chi connectivity index (χ3v) is 6.12. The lowest BCUT2D eigenvalue weighted by Crippen LogP contribution is -2.48. The number of ether oxygens (including phenoxy) is 1. The summed E-state index contributed by atoms with van der Waals surface area (Å²) in [7, 11) is 3.43. The molecule has 2 N–H and O–H groups in total. The lowest BCUT2D eigenvalue weighted by atomic mass is 10.2. The van der Waals surface area contributed by atoms with Crippen LogP contribution in [0.5, 0.6) is 0 Å². The van der Waals surface area contributed by atoms with Crippen molar-refractivity contribution in [2.45, 2.75) is 53.2 Å². The van der Waals surface area contributed by atoms with Crippen LogP contribution in [-0.2, 0) is 9.53 Å². The molecule has 0 aromatic carbocycles. The van der Waals surface area contributed by atoms with Crippen LogP contribution >= 0.6 is 11.3 Å². The fourth-order valence-electron chi connectivity index (χ4n) is 3.02. The van der Waals surface area contributed by atoms with Crippen molar-refractivity contribution in [1.82, 2.24) is 25.2 Å². The zero-order valence-corrected chi connectivity index (χ0v) is 23.2. The SMILES string of the molecule is C=C/C(=C\C)c1cnc(Nc2cc(N(C)CCNC(=O)[C@H](C)N(C)C(=O)OC(C)(C)C)nc(C)n2)s1.[HH].[HH]. The second-order valence-corrected chi connectivity index (χ2v) is 10.3. The standard InChI is InChI=1S/C25H37N7O3S.2H2/c1-10-18(11-2)19-15-27-23(36-19)30-20-14-21(29-17(4)28-20)31(8)13-12-26-22(33)16(3)32(9)24(34)35-25(5,6)7;;/h10-11,14-16H,1,12-13H2,2-9H3,(H,26,33)(H,27,28,29,30);2*1H/b18-11+;;/t16-;;/m0../s1. The third kappa shape index (κ3) is 8.33. The van der Waals surface area contributed by atoms with Crippen molar-refractivity contribution in [3.05, 3.63) is 41.7 Å². The molecule has 0 unspecified atom stereocenters. The highest BCUT2D eigenvalue weighted by Gasteiger charge is 2.26. The van der Waals surface area contributed by atoms with Gasteiger partial charge in [0.25, 0.3) is 0 Å². The van der Waals surface area contributed by atoms with E-state index < -0.39 is 17.7 Å². The van der Waals surface area contributed by atoms with Crippen LogP contribution in [0.1, 0.15) is 48.2 Å². The maximum atomic E-state index is 12.5. The van der Waals surface area contributed by atoms with Gasteiger partial charge in [-0.05, 0) is 47.1 Å². The average molecular weight is 520 g/mol. The lowest BCUT2D eigenvalue weighted by Gasteiger charge is -2.28. The molecule has 2 aromatic heterocycles. The second kappa shape index (κ2) is 12.5. The minimum Gasteiger partial charge on any atom is -0.444 e. The first-order valence-electron chi connectivity index (χ1n) is 11.7. The van der Waals surface area contributed by atoms with Crippen LogP contribution in [-0.4, -0.2) is 70.7 Å². The van der Waals surface area contributed by atoms with E-state index in [0.717, 1.165) is 10.5 Å². The number of carbonyl (C=O) groups is 2. The van der Waals surface area contributed by atoms with Crippen LogP contribution in [0.25, 0.3) is 5.57 Å². The van der Waals surface area contributed by atoms with Gasteiger partial charge in [-0.2, -0.15) is 0 Å². The fraction of sp³-hybridized carbons (Fsp3) is 0.480. The lowest BCUT2D eigenvalue weighted by molar-refractivity contribution is -0.125. The van der Waals surface area contributed by atoms with Gasteiger partial charge in [0.15, 0.2) is 5.13 Å². The topological polar surface area (TPSA) is 113 Å². The van der Waals surface area contributed by atoms with Crippen molar-refractivity contribution in [2.75, 3.05) is 37.4 Å². The molecule has 200 valence electrons. The van der Waals surface area contributed by atoms with Crippen LogP contribution in [0.15, 0.2) is 31.0 Å². The number of aryl methyl sites for hydroxylation is 1. The molecule has 0 spiro atoms. The molecule has 0 aliphatic rings. The molecular weight excluding hydrogens is 478 g/mol. The molecule has 0 saturated carbocycles. The van der Waals surface area contributed by atoms with E-state index in [0.29, 0.717) is 35.7 Å². The summed E-state index contributed by atoms with van der Waals surface area (Å²) in [6.45, 7) is 15.5. The van der Waals surface area contributed by atoms with Crippen molar-refractivity contribution in [2.24, 2.45) is 0 Å². The molecule has 2 rings (SSSR count). The maximum absolute atomic E-state index is 12.5. The first kappa shape index (κ1) is 28.8. The van der Waals surface area contributed by atoms with Gasteiger partial charge < -0.3 is 20.3 Å². The number of anilines is 3. The van der Waals surface area contributed by atoms with Gasteiger partial charge in [-0.3, -0.25) is 9.69 Å². The van der Waals surface area contributed by atoms with Crippen molar-refractivity contribution in [1.29, 1.82) is 0 Å². The van der Waals surface area contributed by atoms with E-state index in [2.05, 4.69) is 32.2 Å². The van der Waals surface area contributed by atoms with Gasteiger partial charge in [0, 0.05) is 42.3 Å². The summed E-state index contributed by atoms with van der Waals surface area (Å²) in [5.74, 6) is 1.67. The number of hydrogen-bond donors (Lipinski definition) is 2. The molecule has 0 radical (unpaired) electrons. The monoisotopic (exact) mass is 519 g/mol. The van der Waals surface area contributed by atoms with E-state index in [1.165, 1.54) is 16.2 Å². The number of carbonyl (C=O) groups excluding carboxylic acids is 2. The molecule has 10 nitrogen and oxygen atoms in total. The number of likely N-dealkylation sites (N-methyl/N-ethyl adjacent to an activating group) is 2. The molecule has 0 aliphatic heterocycles. The predicted octanol–water partition coefficient (Wildman–Crippen LogP) is 4.87. The quantitative estimate of drug-likeness (QED) is 0.427. The van der Waals surface area contributed by atoms with Gasteiger partial charge in [-0.1, -0.05) is 30.1 Å². The molecule has 0 saturated heterocycles. The van der Waals surface area contributed by atoms with E-state index in [1.807, 2.05) is 37.9 Å². The Labute approximate surface area is 220 Å². The number of amides is 2. The highest BCUT2D eigenvalue weighted by molar-refractivity contribution is 7.16. The number of allylic oxidation sites excluding steroid dienone is 3. The first-order valence-corrected chi connectivity index (χ1v) is 12.5. The molecular formula is C25H41N7O3S. The maximum Gasteiger partial charge on any atom is 0.410 e. The van der Waals surface area contributed by atoms with E-state index in [4.69, 9.17) is 4.74 Å². The Hall–Kier alpha value is -3.47. The van der Waals surface area contributed by atoms with E-state index in [9.17, 15) is 9.59 Å². The van der Waals surface area contributed by atoms with Gasteiger partial charge in [-0.25, -0.2) is 19.7 Å². The van der Waals surface area contributed by atoms with Gasteiger partial charge in [0.05, 0.1) is 4.88 Å². The smallest absolute Gasteiger partial charge is 0.410 e. The number of hydrogen-bond acceptors (Lipinski definition) is 9. The van der Waals surface area contributed by atoms with Gasteiger partial charge in [0.1, 0.15) is 29.1 Å². The minimum atomic E-state index is -0.672. The predicted molar refractivity (Wildman–Crippen MR) is 150 cm³/mol. The van der Waals surface area contributed by atoms with Crippen molar-refractivity contribution < 1.29 is 17.2 Å². The molecule has 0 aliphatic carbocycles. The van der Waals surface area contributed by atoms with Crippen LogP contribution in [0.2, 0.25) is 0 Å². The fourth-order valence-corrected chi connectivity index (χ4v) is 3.92. The first-order chi connectivity index (χ1) is 16.8. The van der Waals surface area contributed by atoms with E-state index in [1.54, 1.807) is 47.0 Å². The average Bonchev–Trinajstić information content (AvgIpc) is 3.25. The molecule has 2 heterocycles. The van der Waals surface area contributed by atoms with Crippen LogP contribution in [0.3, 0.4) is 0 Å². The van der Waals surface area contributed by atoms with Gasteiger partial charge in [0.2, 0.25) is 5.91 Å². The number of rotatable bonds is 10. The molecule has 11 heteroatoms. The third-order valence-electron chi connectivity index (χ3n) is 5.16. The highest BCUT2D eigenvalue weighted by Crippen LogP contribution is 2.28. The number of nitrogens with one attached hydrogen (secondary N) is 2. The van der Waals surface area contributed by atoms with E-state index >= 15 is 0 Å². The summed E-state index contributed by atoms with van der Waals surface area (Å²) in [4.78, 5) is 42.4. The van der Waals surface area contributed by atoms with Crippen molar-refractivity contribution >= 4 is 45.7 Å². The van der Waals surface area contributed by atoms with Gasteiger partial charge >= 0.3 is 6.09 Å². The number of nitrogens with zero attached hydrogens (tertiary/aromatic N) is 5. The Morgan fingerprint density at radius 2 is 2.00 bits per heavy atom. The minimum absolute atomic E-state index is 0. The Bertz CT molecular complexity index is 1120. The Balaban J connectivity index is 0.00000684. The molecule has 2 aromatic rings. The van der Waals surface area contributed by atoms with Crippen molar-refractivity contribution in [3.8, 4) is 0 Å². The summed E-state index contributed by atoms with van der Waals surface area (Å²) < 4.78 is 5.33. The molecule has 2 amide bonds. The Morgan fingerprint density at radius 1 is 1.31 bits per heavy atom. The van der Waals surface area contributed by atoms with Crippen molar-refractivity contribution in [3.63, 3.8) is 0 Å². The second-order valence-electron chi connectivity index (χ2n) is 9.24. The highest BCUT2D eigenvalue weighted by atomic mass is 32.1. The van der Waals surface area contributed by atoms with Crippen LogP contribution in [0.4, 0.5) is 21.6 Å². The van der Waals surface area contributed by atoms with Crippen LogP contribution in [0, 0.1) is 6.92 Å². The van der Waals surface area contributed by atoms with Gasteiger partial charge in [-0.15, -0.1) is 0 Å². The summed E-state index contributed by atoms with van der Waals surface area (Å²) in [5, 5.41) is 6.82. The molecule has 0 bridgehead atoms. The molecule has 36 heavy (non-hydrogen) atoms. The molecule has 0 fully saturated rings. The summed E-state index contributed by atoms with van der Waals surface area (Å²) >= 11 is 1.51. The number of aromatic nitrogens is 3. The van der Waals surface area contributed by atoms with Crippen LogP contribution < -0.4 is 15.5 Å². The Morgan fingerprint density at radius 3 is 2.61 bits per heavy atom. The van der Waals surface area contributed by atoms with E-state index in [-0.39, 0.29) is 8.76 Å². The Kier molecular flexibility index (Phi) is 9.97. The largest absolute Gasteiger partial charge is 0.444 e. The molecule has 1 atom stereocenters. The zero-order chi connectivity index (χ0) is 27.0. The normalized spacial score (nSPS) is 12.5. The number of thiazole rings is 1. The summed E-state index contributed by atoms with van der Waals surface area (Å²) in [6, 6.07) is 1.16. The summed E-state index contributed by atoms with van der Waals surface area (Å²) in [5.41, 5.74) is 0.393. The summed E-state index contributed by atoms with van der Waals surface area (Å²) in [6.07, 6.45) is 5.04. The zero-order valence-electron chi connectivity index (χ0n) is 22.4.